The zero-order valence-electron chi connectivity index (χ0n) is 18.8. The van der Waals surface area contributed by atoms with Crippen LogP contribution >= 0.6 is 0 Å². The van der Waals surface area contributed by atoms with Crippen LogP contribution in [0, 0.1) is 18.6 Å². The van der Waals surface area contributed by atoms with Gasteiger partial charge in [0, 0.05) is 32.7 Å². The highest BCUT2D eigenvalue weighted by atomic mass is 19.1. The smallest absolute Gasteiger partial charge is 0.255 e. The maximum atomic E-state index is 15.3. The molecule has 0 atom stereocenters. The molecule has 2 aliphatic heterocycles. The van der Waals surface area contributed by atoms with Crippen molar-refractivity contribution < 1.29 is 23.0 Å². The summed E-state index contributed by atoms with van der Waals surface area (Å²) < 4.78 is 46.9. The van der Waals surface area contributed by atoms with Crippen LogP contribution in [0.25, 0.3) is 0 Å². The molecule has 0 radical (unpaired) electrons. The fraction of sp³-hybridized carbons (Fsp3) is 0.522. The summed E-state index contributed by atoms with van der Waals surface area (Å²) in [6, 6.07) is 7.80. The van der Waals surface area contributed by atoms with Gasteiger partial charge >= 0.3 is 0 Å². The summed E-state index contributed by atoms with van der Waals surface area (Å²) in [6.07, 6.45) is 0. The summed E-state index contributed by atoms with van der Waals surface area (Å²) >= 11 is 0. The Morgan fingerprint density at radius 1 is 1.03 bits per heavy atom. The molecule has 8 nitrogen and oxygen atoms in total. The molecular weight excluding hydrogens is 432 g/mol. The van der Waals surface area contributed by atoms with Crippen molar-refractivity contribution in [2.75, 3.05) is 70.7 Å². The van der Waals surface area contributed by atoms with Gasteiger partial charge in [0.2, 0.25) is 11.6 Å². The third-order valence-corrected chi connectivity index (χ3v) is 5.59. The van der Waals surface area contributed by atoms with E-state index in [0.29, 0.717) is 46.1 Å². The lowest BCUT2D eigenvalue weighted by Gasteiger charge is -2.30. The Morgan fingerprint density at radius 3 is 2.48 bits per heavy atom. The molecule has 33 heavy (non-hydrogen) atoms. The predicted octanol–water partition coefficient (Wildman–Crippen LogP) is 3.50. The van der Waals surface area contributed by atoms with Gasteiger partial charge in [0.1, 0.15) is 12.3 Å². The SMILES string of the molecule is Cc1cccc(CN=Nc2nc(OCCN3CCOCC3)c(F)c(N3CCOCC3)c2F)c1. The van der Waals surface area contributed by atoms with E-state index >= 15 is 8.78 Å². The lowest BCUT2D eigenvalue weighted by Crippen LogP contribution is -2.39. The lowest BCUT2D eigenvalue weighted by molar-refractivity contribution is 0.0317. The van der Waals surface area contributed by atoms with Crippen LogP contribution in [0.2, 0.25) is 0 Å². The standard InChI is InChI=1S/C23H29F2N5O3/c1-17-3-2-4-18(15-17)16-26-28-22-19(24)21(30-8-12-32-13-9-30)20(25)23(27-22)33-14-7-29-5-10-31-11-6-29/h2-4,15H,5-14,16H2,1H3. The minimum absolute atomic E-state index is 0.195. The summed E-state index contributed by atoms with van der Waals surface area (Å²) in [5.74, 6) is -2.22. The molecule has 0 N–H and O–H groups in total. The first-order chi connectivity index (χ1) is 16.1. The second-order valence-electron chi connectivity index (χ2n) is 8.01. The summed E-state index contributed by atoms with van der Waals surface area (Å²) in [5.41, 5.74) is 1.84. The fourth-order valence-corrected chi connectivity index (χ4v) is 3.82. The van der Waals surface area contributed by atoms with Crippen molar-refractivity contribution in [1.29, 1.82) is 0 Å². The number of ether oxygens (including phenoxy) is 3. The molecule has 0 saturated carbocycles. The van der Waals surface area contributed by atoms with Gasteiger partial charge in [-0.1, -0.05) is 29.8 Å². The minimum atomic E-state index is -0.845. The summed E-state index contributed by atoms with van der Waals surface area (Å²) in [5, 5.41) is 8.10. The van der Waals surface area contributed by atoms with Gasteiger partial charge in [-0.25, -0.2) is 4.39 Å². The van der Waals surface area contributed by atoms with Gasteiger partial charge in [0.05, 0.1) is 33.0 Å². The number of rotatable bonds is 8. The minimum Gasteiger partial charge on any atom is -0.474 e. The monoisotopic (exact) mass is 461 g/mol. The maximum Gasteiger partial charge on any atom is 0.255 e. The number of anilines is 1. The number of nitrogens with zero attached hydrogens (tertiary/aromatic N) is 5. The molecule has 0 bridgehead atoms. The van der Waals surface area contributed by atoms with Crippen LogP contribution in [-0.4, -0.2) is 75.6 Å². The van der Waals surface area contributed by atoms with Crippen LogP contribution in [0.5, 0.6) is 5.88 Å². The van der Waals surface area contributed by atoms with Crippen molar-refractivity contribution in [3.05, 3.63) is 47.0 Å². The first-order valence-electron chi connectivity index (χ1n) is 11.2. The van der Waals surface area contributed by atoms with E-state index in [2.05, 4.69) is 20.1 Å². The van der Waals surface area contributed by atoms with Gasteiger partial charge in [-0.2, -0.15) is 14.5 Å². The van der Waals surface area contributed by atoms with E-state index in [-0.39, 0.29) is 30.5 Å². The Hall–Kier alpha value is -2.69. The van der Waals surface area contributed by atoms with Gasteiger partial charge in [-0.15, -0.1) is 5.11 Å². The molecular formula is C23H29F2N5O3. The molecule has 3 heterocycles. The number of halogens is 2. The van der Waals surface area contributed by atoms with Crippen molar-refractivity contribution in [1.82, 2.24) is 9.88 Å². The zero-order valence-corrected chi connectivity index (χ0v) is 18.8. The first-order valence-corrected chi connectivity index (χ1v) is 11.2. The fourth-order valence-electron chi connectivity index (χ4n) is 3.82. The van der Waals surface area contributed by atoms with E-state index in [1.807, 2.05) is 31.2 Å². The number of aromatic nitrogens is 1. The van der Waals surface area contributed by atoms with Crippen molar-refractivity contribution in [2.45, 2.75) is 13.5 Å². The molecule has 2 fully saturated rings. The third kappa shape index (κ3) is 6.21. The number of azo groups is 1. The maximum absolute atomic E-state index is 15.3. The van der Waals surface area contributed by atoms with E-state index in [4.69, 9.17) is 14.2 Å². The largest absolute Gasteiger partial charge is 0.474 e. The molecule has 1 aromatic carbocycles. The molecule has 0 unspecified atom stereocenters. The third-order valence-electron chi connectivity index (χ3n) is 5.59. The summed E-state index contributed by atoms with van der Waals surface area (Å²) in [6.45, 7) is 7.48. The molecule has 10 heteroatoms. The molecule has 1 aromatic heterocycles. The van der Waals surface area contributed by atoms with Gasteiger partial charge in [0.25, 0.3) is 5.88 Å². The predicted molar refractivity (Wildman–Crippen MR) is 119 cm³/mol. The van der Waals surface area contributed by atoms with E-state index in [0.717, 1.165) is 24.2 Å². The van der Waals surface area contributed by atoms with E-state index in [1.165, 1.54) is 0 Å². The second-order valence-corrected chi connectivity index (χ2v) is 8.01. The molecule has 0 aliphatic carbocycles. The normalized spacial score (nSPS) is 17.6. The lowest BCUT2D eigenvalue weighted by atomic mass is 10.1. The topological polar surface area (TPSA) is 71.8 Å². The molecule has 2 aromatic rings. The van der Waals surface area contributed by atoms with E-state index < -0.39 is 11.6 Å². The first kappa shape index (κ1) is 23.5. The van der Waals surface area contributed by atoms with Crippen LogP contribution in [0.1, 0.15) is 11.1 Å². The Kier molecular flexibility index (Phi) is 8.14. The number of morpholine rings is 2. The van der Waals surface area contributed by atoms with Crippen molar-refractivity contribution in [3.63, 3.8) is 0 Å². The highest BCUT2D eigenvalue weighted by molar-refractivity contribution is 5.58. The van der Waals surface area contributed by atoms with Gasteiger partial charge in [-0.3, -0.25) is 4.90 Å². The number of hydrogen-bond acceptors (Lipinski definition) is 8. The zero-order chi connectivity index (χ0) is 23.0. The molecule has 178 valence electrons. The van der Waals surface area contributed by atoms with Crippen LogP contribution in [-0.2, 0) is 16.0 Å². The van der Waals surface area contributed by atoms with Crippen molar-refractivity contribution in [2.24, 2.45) is 10.2 Å². The number of pyridine rings is 1. The molecule has 2 aliphatic rings. The second kappa shape index (κ2) is 11.4. The highest BCUT2D eigenvalue weighted by Crippen LogP contribution is 2.35. The van der Waals surface area contributed by atoms with Gasteiger partial charge < -0.3 is 19.1 Å². The van der Waals surface area contributed by atoms with Crippen molar-refractivity contribution in [3.8, 4) is 5.88 Å². The Labute approximate surface area is 192 Å². The number of hydrogen-bond donors (Lipinski definition) is 0. The van der Waals surface area contributed by atoms with E-state index in [1.54, 1.807) is 4.90 Å². The van der Waals surface area contributed by atoms with E-state index in [9.17, 15) is 0 Å². The average Bonchev–Trinajstić information content (AvgIpc) is 2.83. The summed E-state index contributed by atoms with van der Waals surface area (Å²) in [4.78, 5) is 7.79. The Balaban J connectivity index is 1.54. The summed E-state index contributed by atoms with van der Waals surface area (Å²) in [7, 11) is 0. The average molecular weight is 462 g/mol. The molecule has 4 rings (SSSR count). The van der Waals surface area contributed by atoms with Crippen molar-refractivity contribution >= 4 is 11.5 Å². The van der Waals surface area contributed by atoms with Crippen LogP contribution in [0.3, 0.4) is 0 Å². The van der Waals surface area contributed by atoms with Crippen LogP contribution in [0.4, 0.5) is 20.3 Å². The Bertz CT molecular complexity index is 963. The quantitative estimate of drug-likeness (QED) is 0.561. The molecule has 0 amide bonds. The number of benzene rings is 1. The molecule has 2 saturated heterocycles. The highest BCUT2D eigenvalue weighted by Gasteiger charge is 2.27. The number of aryl methyl sites for hydroxylation is 1. The van der Waals surface area contributed by atoms with Crippen LogP contribution in [0.15, 0.2) is 34.5 Å². The van der Waals surface area contributed by atoms with Gasteiger partial charge in [-0.05, 0) is 12.5 Å². The van der Waals surface area contributed by atoms with Crippen LogP contribution < -0.4 is 9.64 Å². The molecule has 0 spiro atoms. The Morgan fingerprint density at radius 2 is 1.76 bits per heavy atom. The van der Waals surface area contributed by atoms with Gasteiger partial charge in [0.15, 0.2) is 5.82 Å².